The van der Waals surface area contributed by atoms with Gasteiger partial charge in [-0.1, -0.05) is 25.6 Å². The van der Waals surface area contributed by atoms with E-state index in [0.29, 0.717) is 47.5 Å². The topological polar surface area (TPSA) is 125 Å². The Kier molecular flexibility index (Phi) is 9.00. The molecule has 1 amide bonds. The lowest BCUT2D eigenvalue weighted by atomic mass is 10.3. The van der Waals surface area contributed by atoms with Crippen LogP contribution >= 0.6 is 11.8 Å². The zero-order valence-electron chi connectivity index (χ0n) is 18.8. The van der Waals surface area contributed by atoms with Crippen molar-refractivity contribution in [1.82, 2.24) is 14.3 Å². The maximum Gasteiger partial charge on any atom is 0.246 e. The van der Waals surface area contributed by atoms with Gasteiger partial charge < -0.3 is 10.1 Å². The van der Waals surface area contributed by atoms with Crippen LogP contribution in [0.15, 0.2) is 28.1 Å². The fourth-order valence-electron chi connectivity index (χ4n) is 3.01. The molecule has 0 unspecified atom stereocenters. The Hall–Kier alpha value is -2.68. The highest BCUT2D eigenvalue weighted by molar-refractivity contribution is 8.00. The van der Waals surface area contributed by atoms with E-state index >= 15 is 0 Å². The number of aryl methyl sites for hydroxylation is 2. The van der Waals surface area contributed by atoms with Crippen LogP contribution in [-0.4, -0.2) is 54.0 Å². The standard InChI is InChI=1S/C21H27N5O4S2/c1-6-26(7-2)32(28,29)19-11-16(9-10-18(19)30-8-3)25-20(27)13-31-21-17(12-22)14(4)23-15(5)24-21/h9-11H,6-8,13H2,1-5H3,(H,25,27). The normalized spacial score (nSPS) is 11.3. The maximum absolute atomic E-state index is 13.1. The number of hydrogen-bond acceptors (Lipinski definition) is 8. The Morgan fingerprint density at radius 2 is 1.91 bits per heavy atom. The van der Waals surface area contributed by atoms with Gasteiger partial charge in [-0.2, -0.15) is 9.57 Å². The molecule has 0 atom stereocenters. The molecule has 1 aromatic heterocycles. The van der Waals surface area contributed by atoms with Gasteiger partial charge in [-0.25, -0.2) is 18.4 Å². The number of nitrogens with one attached hydrogen (secondary N) is 1. The van der Waals surface area contributed by atoms with Crippen molar-refractivity contribution in [1.29, 1.82) is 5.26 Å². The number of sulfonamides is 1. The van der Waals surface area contributed by atoms with Crippen molar-refractivity contribution in [2.24, 2.45) is 0 Å². The highest BCUT2D eigenvalue weighted by Gasteiger charge is 2.26. The van der Waals surface area contributed by atoms with Crippen molar-refractivity contribution in [3.63, 3.8) is 0 Å². The first-order valence-electron chi connectivity index (χ1n) is 10.1. The van der Waals surface area contributed by atoms with Crippen LogP contribution in [0.25, 0.3) is 0 Å². The molecule has 1 aromatic carbocycles. The predicted molar refractivity (Wildman–Crippen MR) is 123 cm³/mol. The van der Waals surface area contributed by atoms with E-state index in [-0.39, 0.29) is 22.3 Å². The molecule has 0 spiro atoms. The van der Waals surface area contributed by atoms with E-state index in [1.54, 1.807) is 40.7 Å². The second-order valence-corrected chi connectivity index (χ2v) is 9.54. The average Bonchev–Trinajstić information content (AvgIpc) is 2.73. The van der Waals surface area contributed by atoms with Crippen molar-refractivity contribution < 1.29 is 17.9 Å². The lowest BCUT2D eigenvalue weighted by molar-refractivity contribution is -0.113. The molecule has 172 valence electrons. The number of ether oxygens (including phenoxy) is 1. The number of nitriles is 1. The molecular formula is C21H27N5O4S2. The molecule has 0 radical (unpaired) electrons. The molecule has 0 saturated heterocycles. The quantitative estimate of drug-likeness (QED) is 0.409. The fourth-order valence-corrected chi connectivity index (χ4v) is 5.50. The minimum absolute atomic E-state index is 0.00215. The molecule has 1 heterocycles. The van der Waals surface area contributed by atoms with E-state index in [9.17, 15) is 18.5 Å². The van der Waals surface area contributed by atoms with Crippen LogP contribution in [0, 0.1) is 25.2 Å². The van der Waals surface area contributed by atoms with E-state index < -0.39 is 10.0 Å². The first-order valence-corrected chi connectivity index (χ1v) is 12.5. The highest BCUT2D eigenvalue weighted by Crippen LogP contribution is 2.30. The molecule has 0 aliphatic heterocycles. The van der Waals surface area contributed by atoms with Crippen LogP contribution in [0.5, 0.6) is 5.75 Å². The summed E-state index contributed by atoms with van der Waals surface area (Å²) in [5, 5.41) is 12.5. The lowest BCUT2D eigenvalue weighted by Crippen LogP contribution is -2.31. The zero-order valence-corrected chi connectivity index (χ0v) is 20.4. The molecule has 1 N–H and O–H groups in total. The first-order chi connectivity index (χ1) is 15.2. The number of hydrogen-bond donors (Lipinski definition) is 1. The Bertz CT molecular complexity index is 1130. The van der Waals surface area contributed by atoms with Gasteiger partial charge in [-0.3, -0.25) is 4.79 Å². The second kappa shape index (κ2) is 11.3. The van der Waals surface area contributed by atoms with E-state index in [2.05, 4.69) is 21.4 Å². The van der Waals surface area contributed by atoms with Crippen LogP contribution in [0.3, 0.4) is 0 Å². The number of thioether (sulfide) groups is 1. The first kappa shape index (κ1) is 25.6. The van der Waals surface area contributed by atoms with E-state index in [1.165, 1.54) is 16.4 Å². The average molecular weight is 478 g/mol. The zero-order chi connectivity index (χ0) is 23.9. The summed E-state index contributed by atoms with van der Waals surface area (Å²) in [5.74, 6) is 0.387. The van der Waals surface area contributed by atoms with Gasteiger partial charge in [-0.05, 0) is 39.0 Å². The Balaban J connectivity index is 2.25. The van der Waals surface area contributed by atoms with Crippen molar-refractivity contribution >= 4 is 33.4 Å². The number of aromatic nitrogens is 2. The molecule has 0 saturated carbocycles. The smallest absolute Gasteiger partial charge is 0.246 e. The minimum atomic E-state index is -3.79. The summed E-state index contributed by atoms with van der Waals surface area (Å²) < 4.78 is 33.0. The monoisotopic (exact) mass is 477 g/mol. The van der Waals surface area contributed by atoms with Gasteiger partial charge >= 0.3 is 0 Å². The molecule has 2 rings (SSSR count). The third-order valence-corrected chi connectivity index (χ3v) is 7.52. The number of amides is 1. The third-order valence-electron chi connectivity index (χ3n) is 4.47. The second-order valence-electron chi connectivity index (χ2n) is 6.67. The largest absolute Gasteiger partial charge is 0.492 e. The third kappa shape index (κ3) is 5.97. The molecular weight excluding hydrogens is 450 g/mol. The lowest BCUT2D eigenvalue weighted by Gasteiger charge is -2.21. The van der Waals surface area contributed by atoms with Gasteiger partial charge in [0, 0.05) is 18.8 Å². The Labute approximate surface area is 193 Å². The summed E-state index contributed by atoms with van der Waals surface area (Å²) in [5.41, 5.74) is 1.23. The van der Waals surface area contributed by atoms with Crippen molar-refractivity contribution in [2.75, 3.05) is 30.8 Å². The summed E-state index contributed by atoms with van der Waals surface area (Å²) in [6.45, 7) is 9.67. The Morgan fingerprint density at radius 3 is 2.50 bits per heavy atom. The van der Waals surface area contributed by atoms with Gasteiger partial charge in [0.1, 0.15) is 33.1 Å². The van der Waals surface area contributed by atoms with Gasteiger partial charge in [-0.15, -0.1) is 0 Å². The van der Waals surface area contributed by atoms with Gasteiger partial charge in [0.25, 0.3) is 0 Å². The molecule has 0 bridgehead atoms. The molecule has 0 aliphatic rings. The molecule has 11 heteroatoms. The van der Waals surface area contributed by atoms with E-state index in [4.69, 9.17) is 4.74 Å². The molecule has 0 aliphatic carbocycles. The van der Waals surface area contributed by atoms with Crippen LogP contribution in [-0.2, 0) is 14.8 Å². The molecule has 2 aromatic rings. The number of benzene rings is 1. The summed E-state index contributed by atoms with van der Waals surface area (Å²) in [6, 6.07) is 6.60. The summed E-state index contributed by atoms with van der Waals surface area (Å²) >= 11 is 1.12. The predicted octanol–water partition coefficient (Wildman–Crippen LogP) is 3.13. The van der Waals surface area contributed by atoms with Crippen molar-refractivity contribution in [3.05, 3.63) is 35.3 Å². The van der Waals surface area contributed by atoms with Gasteiger partial charge in [0.15, 0.2) is 0 Å². The van der Waals surface area contributed by atoms with Gasteiger partial charge in [0.2, 0.25) is 15.9 Å². The maximum atomic E-state index is 13.1. The molecule has 9 nitrogen and oxygen atoms in total. The SMILES string of the molecule is CCOc1ccc(NC(=O)CSc2nc(C)nc(C)c2C#N)cc1S(=O)(=O)N(CC)CC. The highest BCUT2D eigenvalue weighted by atomic mass is 32.2. The van der Waals surface area contributed by atoms with E-state index in [1.807, 2.05) is 0 Å². The number of rotatable bonds is 10. The molecule has 32 heavy (non-hydrogen) atoms. The molecule has 0 fully saturated rings. The van der Waals surface area contributed by atoms with Crippen molar-refractivity contribution in [3.8, 4) is 11.8 Å². The number of anilines is 1. The summed E-state index contributed by atoms with van der Waals surface area (Å²) in [7, 11) is -3.79. The summed E-state index contributed by atoms with van der Waals surface area (Å²) in [4.78, 5) is 20.9. The number of carbonyl (C=O) groups is 1. The van der Waals surface area contributed by atoms with Crippen LogP contribution < -0.4 is 10.1 Å². The van der Waals surface area contributed by atoms with Crippen LogP contribution in [0.2, 0.25) is 0 Å². The summed E-state index contributed by atoms with van der Waals surface area (Å²) in [6.07, 6.45) is 0. The van der Waals surface area contributed by atoms with Crippen LogP contribution in [0.1, 0.15) is 37.9 Å². The number of carbonyl (C=O) groups excluding carboxylic acids is 1. The van der Waals surface area contributed by atoms with Crippen molar-refractivity contribution in [2.45, 2.75) is 44.5 Å². The van der Waals surface area contributed by atoms with E-state index in [0.717, 1.165) is 11.8 Å². The number of nitrogens with zero attached hydrogens (tertiary/aromatic N) is 4. The minimum Gasteiger partial charge on any atom is -0.492 e. The Morgan fingerprint density at radius 1 is 1.22 bits per heavy atom. The van der Waals surface area contributed by atoms with Gasteiger partial charge in [0.05, 0.1) is 18.1 Å². The van der Waals surface area contributed by atoms with Crippen LogP contribution in [0.4, 0.5) is 5.69 Å². The fraction of sp³-hybridized carbons (Fsp3) is 0.429.